The van der Waals surface area contributed by atoms with E-state index in [-0.39, 0.29) is 11.1 Å². The van der Waals surface area contributed by atoms with Crippen molar-refractivity contribution in [3.05, 3.63) is 34.9 Å². The van der Waals surface area contributed by atoms with Crippen LogP contribution in [0.3, 0.4) is 0 Å². The number of carboxylic acid groups (broad SMARTS) is 1. The van der Waals surface area contributed by atoms with Gasteiger partial charge in [0, 0.05) is 0 Å². The molecule has 0 aliphatic rings. The molecule has 1 atom stereocenters. The zero-order valence-electron chi connectivity index (χ0n) is 7.58. The monoisotopic (exact) mass is 217 g/mol. The summed E-state index contributed by atoms with van der Waals surface area (Å²) in [6, 6.07) is -0.0742. The van der Waals surface area contributed by atoms with Crippen LogP contribution in [0.1, 0.15) is 17.2 Å². The third-order valence-corrected chi connectivity index (χ3v) is 1.95. The van der Waals surface area contributed by atoms with Crippen molar-refractivity contribution in [1.82, 2.24) is 0 Å². The minimum absolute atomic E-state index is 0.0381. The lowest BCUT2D eigenvalue weighted by molar-refractivity contribution is -0.138. The maximum absolute atomic E-state index is 12.8. The Hall–Kier alpha value is -1.53. The Morgan fingerprint density at radius 3 is 2.40 bits per heavy atom. The van der Waals surface area contributed by atoms with Crippen molar-refractivity contribution >= 4 is 5.97 Å². The highest BCUT2D eigenvalue weighted by Crippen LogP contribution is 2.20. The van der Waals surface area contributed by atoms with Crippen LogP contribution in [0, 0.1) is 11.6 Å². The summed E-state index contributed by atoms with van der Waals surface area (Å²) in [5, 5.41) is 17.4. The number of hydrogen-bond acceptors (Lipinski definition) is 3. The maximum Gasteiger partial charge on any atom is 0.325 e. The smallest absolute Gasteiger partial charge is 0.325 e. The number of aliphatic hydroxyl groups excluding tert-OH is 1. The van der Waals surface area contributed by atoms with Crippen molar-refractivity contribution in [2.24, 2.45) is 5.73 Å². The lowest BCUT2D eigenvalue weighted by Crippen LogP contribution is -2.22. The minimum atomic E-state index is -1.48. The Bertz CT molecular complexity index is 395. The van der Waals surface area contributed by atoms with E-state index in [4.69, 9.17) is 15.9 Å². The van der Waals surface area contributed by atoms with Crippen molar-refractivity contribution in [2.75, 3.05) is 0 Å². The molecule has 0 saturated carbocycles. The molecule has 1 unspecified atom stereocenters. The van der Waals surface area contributed by atoms with Gasteiger partial charge < -0.3 is 15.9 Å². The molecule has 4 nitrogen and oxygen atoms in total. The fourth-order valence-electron chi connectivity index (χ4n) is 1.16. The van der Waals surface area contributed by atoms with E-state index < -0.39 is 30.3 Å². The van der Waals surface area contributed by atoms with Crippen LogP contribution in [-0.4, -0.2) is 16.2 Å². The molecule has 0 spiro atoms. The molecule has 82 valence electrons. The van der Waals surface area contributed by atoms with Crippen LogP contribution in [0.4, 0.5) is 8.78 Å². The molecule has 4 N–H and O–H groups in total. The van der Waals surface area contributed by atoms with Gasteiger partial charge in [-0.25, -0.2) is 8.78 Å². The maximum atomic E-state index is 12.8. The van der Waals surface area contributed by atoms with E-state index in [9.17, 15) is 13.6 Å². The Morgan fingerprint density at radius 2 is 1.93 bits per heavy atom. The van der Waals surface area contributed by atoms with Crippen LogP contribution in [-0.2, 0) is 11.4 Å². The highest BCUT2D eigenvalue weighted by Gasteiger charge is 2.20. The van der Waals surface area contributed by atoms with Gasteiger partial charge in [-0.15, -0.1) is 0 Å². The van der Waals surface area contributed by atoms with Crippen LogP contribution in [0.5, 0.6) is 0 Å². The van der Waals surface area contributed by atoms with Gasteiger partial charge in [-0.1, -0.05) is 0 Å². The van der Waals surface area contributed by atoms with Gasteiger partial charge in [0.2, 0.25) is 0 Å². The third-order valence-electron chi connectivity index (χ3n) is 1.95. The number of aliphatic hydroxyl groups is 1. The Kier molecular flexibility index (Phi) is 3.33. The molecule has 0 radical (unpaired) electrons. The second-order valence-corrected chi connectivity index (χ2v) is 2.94. The number of halogens is 2. The molecule has 0 aliphatic heterocycles. The van der Waals surface area contributed by atoms with Crippen LogP contribution in [0.2, 0.25) is 0 Å². The largest absolute Gasteiger partial charge is 0.480 e. The van der Waals surface area contributed by atoms with Gasteiger partial charge >= 0.3 is 5.97 Å². The molecule has 0 fully saturated rings. The lowest BCUT2D eigenvalue weighted by Gasteiger charge is -2.11. The predicted molar refractivity (Wildman–Crippen MR) is 46.8 cm³/mol. The first-order chi connectivity index (χ1) is 6.97. The standard InChI is InChI=1S/C9H9F2NO3/c10-6-1-4(3-13)5(2-7(6)11)8(12)9(14)15/h1-2,8,13H,3,12H2,(H,14,15). The van der Waals surface area contributed by atoms with Crippen LogP contribution in [0.25, 0.3) is 0 Å². The molecule has 0 aromatic heterocycles. The average molecular weight is 217 g/mol. The topological polar surface area (TPSA) is 83.6 Å². The summed E-state index contributed by atoms with van der Waals surface area (Å²) in [4.78, 5) is 10.5. The minimum Gasteiger partial charge on any atom is -0.480 e. The molecule has 0 amide bonds. The van der Waals surface area contributed by atoms with Crippen molar-refractivity contribution in [3.63, 3.8) is 0 Å². The number of hydrogen-bond donors (Lipinski definition) is 3. The second kappa shape index (κ2) is 4.33. The first-order valence-corrected chi connectivity index (χ1v) is 4.04. The Balaban J connectivity index is 3.27. The molecule has 6 heteroatoms. The zero-order chi connectivity index (χ0) is 11.6. The summed E-state index contributed by atoms with van der Waals surface area (Å²) in [6.07, 6.45) is 0. The fourth-order valence-corrected chi connectivity index (χ4v) is 1.16. The van der Waals surface area contributed by atoms with Crippen molar-refractivity contribution in [2.45, 2.75) is 12.6 Å². The summed E-state index contributed by atoms with van der Waals surface area (Å²) in [5.74, 6) is -3.73. The van der Waals surface area contributed by atoms with E-state index in [1.54, 1.807) is 0 Å². The van der Waals surface area contributed by atoms with E-state index in [0.717, 1.165) is 6.07 Å². The SMILES string of the molecule is NC(C(=O)O)c1cc(F)c(F)cc1CO. The van der Waals surface area contributed by atoms with Gasteiger partial charge in [0.25, 0.3) is 0 Å². The van der Waals surface area contributed by atoms with Crippen molar-refractivity contribution in [1.29, 1.82) is 0 Å². The van der Waals surface area contributed by atoms with Crippen molar-refractivity contribution < 1.29 is 23.8 Å². The van der Waals surface area contributed by atoms with Gasteiger partial charge in [-0.3, -0.25) is 4.79 Å². The molecule has 1 aromatic carbocycles. The van der Waals surface area contributed by atoms with E-state index in [0.29, 0.717) is 6.07 Å². The molecular weight excluding hydrogens is 208 g/mol. The van der Waals surface area contributed by atoms with Gasteiger partial charge in [-0.05, 0) is 23.3 Å². The molecular formula is C9H9F2NO3. The highest BCUT2D eigenvalue weighted by molar-refractivity contribution is 5.75. The van der Waals surface area contributed by atoms with Gasteiger partial charge in [0.1, 0.15) is 6.04 Å². The van der Waals surface area contributed by atoms with Gasteiger partial charge in [0.15, 0.2) is 11.6 Å². The first-order valence-electron chi connectivity index (χ1n) is 4.04. The molecule has 0 aliphatic carbocycles. The van der Waals surface area contributed by atoms with E-state index in [2.05, 4.69) is 0 Å². The number of aliphatic carboxylic acids is 1. The number of carboxylic acids is 1. The summed E-state index contributed by atoms with van der Waals surface area (Å²) < 4.78 is 25.6. The molecule has 0 saturated heterocycles. The van der Waals surface area contributed by atoms with Gasteiger partial charge in [-0.2, -0.15) is 0 Å². The number of carbonyl (C=O) groups is 1. The predicted octanol–water partition coefficient (Wildman–Crippen LogP) is 0.542. The molecule has 0 bridgehead atoms. The fraction of sp³-hybridized carbons (Fsp3) is 0.222. The summed E-state index contributed by atoms with van der Waals surface area (Å²) in [5.41, 5.74) is 5.06. The molecule has 1 aromatic rings. The molecule has 15 heavy (non-hydrogen) atoms. The molecule has 0 heterocycles. The van der Waals surface area contributed by atoms with E-state index in [1.165, 1.54) is 0 Å². The zero-order valence-corrected chi connectivity index (χ0v) is 7.58. The number of nitrogens with two attached hydrogens (primary N) is 1. The lowest BCUT2D eigenvalue weighted by atomic mass is 10.0. The van der Waals surface area contributed by atoms with Crippen LogP contribution >= 0.6 is 0 Å². The van der Waals surface area contributed by atoms with Crippen molar-refractivity contribution in [3.8, 4) is 0 Å². The van der Waals surface area contributed by atoms with Gasteiger partial charge in [0.05, 0.1) is 6.61 Å². The number of benzene rings is 1. The molecule has 1 rings (SSSR count). The summed E-state index contributed by atoms with van der Waals surface area (Å²) in [7, 11) is 0. The normalized spacial score (nSPS) is 12.5. The van der Waals surface area contributed by atoms with E-state index >= 15 is 0 Å². The quantitative estimate of drug-likeness (QED) is 0.690. The summed E-state index contributed by atoms with van der Waals surface area (Å²) >= 11 is 0. The van der Waals surface area contributed by atoms with Crippen LogP contribution < -0.4 is 5.73 Å². The van der Waals surface area contributed by atoms with E-state index in [1.807, 2.05) is 0 Å². The Labute approximate surface area is 83.9 Å². The average Bonchev–Trinajstić information content (AvgIpc) is 2.20. The highest BCUT2D eigenvalue weighted by atomic mass is 19.2. The summed E-state index contributed by atoms with van der Waals surface area (Å²) in [6.45, 7) is -0.604. The van der Waals surface area contributed by atoms with Crippen LogP contribution in [0.15, 0.2) is 12.1 Å². The third kappa shape index (κ3) is 2.28. The Morgan fingerprint density at radius 1 is 1.40 bits per heavy atom. The second-order valence-electron chi connectivity index (χ2n) is 2.94. The first kappa shape index (κ1) is 11.5. The number of rotatable bonds is 3.